The van der Waals surface area contributed by atoms with Crippen molar-refractivity contribution in [2.75, 3.05) is 13.2 Å². The van der Waals surface area contributed by atoms with E-state index in [2.05, 4.69) is 0 Å². The topological polar surface area (TPSA) is 169 Å². The van der Waals surface area contributed by atoms with Gasteiger partial charge in [0.1, 0.15) is 54.3 Å². The third-order valence-corrected chi connectivity index (χ3v) is 6.12. The van der Waals surface area contributed by atoms with Crippen LogP contribution < -0.4 is 0 Å². The van der Waals surface area contributed by atoms with Crippen LogP contribution in [0.4, 0.5) is 0 Å². The lowest BCUT2D eigenvalue weighted by molar-refractivity contribution is -0.337. The van der Waals surface area contributed by atoms with Crippen LogP contribution in [0.25, 0.3) is 0 Å². The van der Waals surface area contributed by atoms with Gasteiger partial charge >= 0.3 is 0 Å². The standard InChI is InChI=1S/C18H26O10S/c19-6-9-11(21)13(23)14(24)17(26-9)28-16-12(22)10(7-20)27-18(15(16)25)29-8-4-2-1-3-5-8/h1-5,9-25H,6-7H2/t9-,10-,11-,12+,13+,14-,15-,16+,17+,18+/m1/s1. The van der Waals surface area contributed by atoms with E-state index in [0.29, 0.717) is 0 Å². The molecule has 0 aromatic heterocycles. The molecule has 0 radical (unpaired) electrons. The molecule has 7 N–H and O–H groups in total. The molecule has 1 aromatic carbocycles. The van der Waals surface area contributed by atoms with Gasteiger partial charge < -0.3 is 50.0 Å². The Morgan fingerprint density at radius 3 is 2.00 bits per heavy atom. The van der Waals surface area contributed by atoms with E-state index in [9.17, 15) is 35.7 Å². The highest BCUT2D eigenvalue weighted by atomic mass is 32.2. The van der Waals surface area contributed by atoms with E-state index in [1.807, 2.05) is 6.07 Å². The summed E-state index contributed by atoms with van der Waals surface area (Å²) >= 11 is 1.16. The zero-order valence-corrected chi connectivity index (χ0v) is 16.2. The molecule has 10 nitrogen and oxygen atoms in total. The van der Waals surface area contributed by atoms with Gasteiger partial charge in [0.25, 0.3) is 0 Å². The third kappa shape index (κ3) is 4.92. The number of aliphatic hydroxyl groups is 7. The molecule has 0 amide bonds. The SMILES string of the molecule is OC[C@H]1O[C@@H](Sc2ccccc2)[C@H](O)[C@@H](O[C@@H]2O[C@H](CO)[C@@H](O)[C@H](O)[C@H]2O)[C@H]1O. The number of hydrogen-bond acceptors (Lipinski definition) is 11. The van der Waals surface area contributed by atoms with Crippen molar-refractivity contribution < 1.29 is 50.0 Å². The molecule has 0 bridgehead atoms. The Morgan fingerprint density at radius 2 is 1.38 bits per heavy atom. The van der Waals surface area contributed by atoms with E-state index in [0.717, 1.165) is 16.7 Å². The average molecular weight is 434 g/mol. The lowest BCUT2D eigenvalue weighted by Crippen LogP contribution is -2.64. The minimum Gasteiger partial charge on any atom is -0.394 e. The van der Waals surface area contributed by atoms with Crippen molar-refractivity contribution in [2.24, 2.45) is 0 Å². The van der Waals surface area contributed by atoms with E-state index < -0.39 is 73.8 Å². The Bertz CT molecular complexity index is 634. The minimum absolute atomic E-state index is 0.547. The summed E-state index contributed by atoms with van der Waals surface area (Å²) in [5.74, 6) is 0. The predicted molar refractivity (Wildman–Crippen MR) is 98.7 cm³/mol. The fraction of sp³-hybridized carbons (Fsp3) is 0.667. The maximum atomic E-state index is 10.7. The highest BCUT2D eigenvalue weighted by molar-refractivity contribution is 7.99. The molecular formula is C18H26O10S. The van der Waals surface area contributed by atoms with Crippen LogP contribution in [0.1, 0.15) is 0 Å². The molecule has 0 aliphatic carbocycles. The van der Waals surface area contributed by atoms with Crippen LogP contribution in [0.2, 0.25) is 0 Å². The van der Waals surface area contributed by atoms with Crippen molar-refractivity contribution >= 4 is 11.8 Å². The van der Waals surface area contributed by atoms with Crippen LogP contribution >= 0.6 is 11.8 Å². The lowest BCUT2D eigenvalue weighted by atomic mass is 9.97. The molecule has 29 heavy (non-hydrogen) atoms. The molecule has 2 aliphatic heterocycles. The molecule has 0 saturated carbocycles. The lowest BCUT2D eigenvalue weighted by Gasteiger charge is -2.46. The molecule has 1 aromatic rings. The highest BCUT2D eigenvalue weighted by Crippen LogP contribution is 2.35. The molecule has 2 heterocycles. The summed E-state index contributed by atoms with van der Waals surface area (Å²) in [6.07, 6.45) is -12.9. The molecular weight excluding hydrogens is 408 g/mol. The quantitative estimate of drug-likeness (QED) is 0.251. The number of rotatable bonds is 6. The zero-order valence-electron chi connectivity index (χ0n) is 15.3. The number of thioether (sulfide) groups is 1. The summed E-state index contributed by atoms with van der Waals surface area (Å²) in [6, 6.07) is 9.03. The molecule has 0 spiro atoms. The van der Waals surface area contributed by atoms with Gasteiger partial charge in [0.2, 0.25) is 0 Å². The van der Waals surface area contributed by atoms with Crippen molar-refractivity contribution in [1.82, 2.24) is 0 Å². The van der Waals surface area contributed by atoms with Crippen LogP contribution in [0, 0.1) is 0 Å². The second kappa shape index (κ2) is 9.98. The third-order valence-electron chi connectivity index (χ3n) is 4.96. The Hall–Kier alpha value is -0.830. The van der Waals surface area contributed by atoms with Crippen LogP contribution in [0.3, 0.4) is 0 Å². The van der Waals surface area contributed by atoms with E-state index in [-0.39, 0.29) is 0 Å². The van der Waals surface area contributed by atoms with E-state index in [1.54, 1.807) is 24.3 Å². The van der Waals surface area contributed by atoms with Crippen LogP contribution in [0.15, 0.2) is 35.2 Å². The molecule has 2 aliphatic rings. The first kappa shape index (κ1) is 22.8. The highest BCUT2D eigenvalue weighted by Gasteiger charge is 2.50. The van der Waals surface area contributed by atoms with Crippen molar-refractivity contribution in [3.63, 3.8) is 0 Å². The van der Waals surface area contributed by atoms with Gasteiger partial charge in [-0.3, -0.25) is 0 Å². The first-order valence-corrected chi connectivity index (χ1v) is 10.1. The van der Waals surface area contributed by atoms with E-state index in [1.165, 1.54) is 0 Å². The summed E-state index contributed by atoms with van der Waals surface area (Å²) in [7, 11) is 0. The van der Waals surface area contributed by atoms with Crippen LogP contribution in [0.5, 0.6) is 0 Å². The minimum atomic E-state index is -1.69. The second-order valence-electron chi connectivity index (χ2n) is 6.94. The summed E-state index contributed by atoms with van der Waals surface area (Å²) in [5.41, 5.74) is -0.909. The Labute approximate surface area is 171 Å². The molecule has 2 fully saturated rings. The maximum Gasteiger partial charge on any atom is 0.187 e. The van der Waals surface area contributed by atoms with E-state index >= 15 is 0 Å². The van der Waals surface area contributed by atoms with Crippen LogP contribution in [-0.2, 0) is 14.2 Å². The van der Waals surface area contributed by atoms with Crippen molar-refractivity contribution in [2.45, 2.75) is 65.5 Å². The Morgan fingerprint density at radius 1 is 0.759 bits per heavy atom. The summed E-state index contributed by atoms with van der Waals surface area (Å²) in [6.45, 7) is -1.19. The normalized spacial score (nSPS) is 43.3. The first-order chi connectivity index (χ1) is 13.9. The Kier molecular flexibility index (Phi) is 7.87. The van der Waals surface area contributed by atoms with Gasteiger partial charge in [0.15, 0.2) is 6.29 Å². The van der Waals surface area contributed by atoms with Gasteiger partial charge in [-0.05, 0) is 12.1 Å². The fourth-order valence-corrected chi connectivity index (χ4v) is 4.35. The smallest absolute Gasteiger partial charge is 0.187 e. The maximum absolute atomic E-state index is 10.7. The van der Waals surface area contributed by atoms with Crippen molar-refractivity contribution in [3.05, 3.63) is 30.3 Å². The molecule has 2 saturated heterocycles. The van der Waals surface area contributed by atoms with Gasteiger partial charge in [-0.15, -0.1) is 0 Å². The number of hydrogen-bond donors (Lipinski definition) is 7. The van der Waals surface area contributed by atoms with Gasteiger partial charge in [-0.25, -0.2) is 0 Å². The summed E-state index contributed by atoms with van der Waals surface area (Å²) in [5, 5.41) is 70.0. The van der Waals surface area contributed by atoms with Gasteiger partial charge in [0, 0.05) is 4.90 Å². The average Bonchev–Trinajstić information content (AvgIpc) is 2.73. The van der Waals surface area contributed by atoms with Gasteiger partial charge in [-0.1, -0.05) is 30.0 Å². The molecule has 11 heteroatoms. The zero-order chi connectivity index (χ0) is 21.1. The number of ether oxygens (including phenoxy) is 3. The monoisotopic (exact) mass is 434 g/mol. The van der Waals surface area contributed by atoms with Crippen molar-refractivity contribution in [3.8, 4) is 0 Å². The van der Waals surface area contributed by atoms with Gasteiger partial charge in [-0.2, -0.15) is 0 Å². The second-order valence-corrected chi connectivity index (χ2v) is 8.11. The first-order valence-electron chi connectivity index (χ1n) is 9.17. The molecule has 0 unspecified atom stereocenters. The summed E-state index contributed by atoms with van der Waals surface area (Å²) < 4.78 is 16.4. The number of benzene rings is 1. The summed E-state index contributed by atoms with van der Waals surface area (Å²) in [4.78, 5) is 0.774. The largest absolute Gasteiger partial charge is 0.394 e. The predicted octanol–water partition coefficient (Wildman–Crippen LogP) is -2.60. The van der Waals surface area contributed by atoms with Gasteiger partial charge in [0.05, 0.1) is 13.2 Å². The number of aliphatic hydroxyl groups excluding tert-OH is 7. The molecule has 10 atom stereocenters. The Balaban J connectivity index is 1.76. The molecule has 3 rings (SSSR count). The van der Waals surface area contributed by atoms with Crippen LogP contribution in [-0.4, -0.2) is 110 Å². The van der Waals surface area contributed by atoms with Crippen molar-refractivity contribution in [1.29, 1.82) is 0 Å². The molecule has 164 valence electrons. The fourth-order valence-electron chi connectivity index (χ4n) is 3.28. The van der Waals surface area contributed by atoms with E-state index in [4.69, 9.17) is 14.2 Å².